The summed E-state index contributed by atoms with van der Waals surface area (Å²) < 4.78 is 0. The topological polar surface area (TPSA) is 54.0 Å². The standard InChI is InChI=1S/C22H22N4.Pt/c1-11-13(3)21-22-14(4)12(2)20(26-22)16(6)24-18-10-8-7-9-17(18)23-15(5)19(11)25-21;/h7-10H,1-6H3;/q-2;+2. The molecule has 4 rings (SSSR count). The summed E-state index contributed by atoms with van der Waals surface area (Å²) in [5.74, 6) is 0. The van der Waals surface area contributed by atoms with Gasteiger partial charge in [0.2, 0.25) is 0 Å². The van der Waals surface area contributed by atoms with Crippen LogP contribution in [0.4, 0.5) is 0 Å². The van der Waals surface area contributed by atoms with Crippen molar-refractivity contribution in [1.29, 1.82) is 0 Å². The molecule has 0 saturated carbocycles. The average Bonchev–Trinajstić information content (AvgIpc) is 3.07. The molecule has 0 radical (unpaired) electrons. The second kappa shape index (κ2) is 7.09. The maximum Gasteiger partial charge on any atom is 2.00 e. The van der Waals surface area contributed by atoms with Crippen LogP contribution in [-0.2, 0) is 21.1 Å². The SMILES string of the molecule is Cc1nc2ccccc2nc(C)c2[n-]c(c(C)c2C)c2[n-]c1c(C)c2C.[Pt+2]. The molecule has 5 heteroatoms. The summed E-state index contributed by atoms with van der Waals surface area (Å²) in [6, 6.07) is 7.97. The molecule has 0 unspecified atom stereocenters. The van der Waals surface area contributed by atoms with E-state index in [2.05, 4.69) is 27.7 Å². The molecule has 27 heavy (non-hydrogen) atoms. The van der Waals surface area contributed by atoms with Gasteiger partial charge >= 0.3 is 21.1 Å². The molecular weight excluding hydrogens is 515 g/mol. The minimum absolute atomic E-state index is 0. The maximum atomic E-state index is 4.94. The molecule has 3 heterocycles. The molecule has 0 fully saturated rings. The van der Waals surface area contributed by atoms with Gasteiger partial charge in [0.05, 0.1) is 11.0 Å². The minimum atomic E-state index is 0. The molecule has 0 amide bonds. The molecule has 0 aliphatic carbocycles. The number of aryl methyl sites for hydroxylation is 6. The number of fused-ring (bicyclic) bond motifs is 6. The van der Waals surface area contributed by atoms with Crippen LogP contribution in [0.1, 0.15) is 33.6 Å². The zero-order valence-electron chi connectivity index (χ0n) is 16.4. The summed E-state index contributed by atoms with van der Waals surface area (Å²) in [7, 11) is 0. The second-order valence-corrected chi connectivity index (χ2v) is 7.00. The number of para-hydroxylation sites is 2. The summed E-state index contributed by atoms with van der Waals surface area (Å²) in [6.07, 6.45) is 0. The fraction of sp³-hybridized carbons (Fsp3) is 0.273. The third-order valence-corrected chi connectivity index (χ3v) is 5.36. The van der Waals surface area contributed by atoms with E-state index in [-0.39, 0.29) is 21.1 Å². The molecule has 0 N–H and O–H groups in total. The maximum absolute atomic E-state index is 4.94. The van der Waals surface area contributed by atoms with Gasteiger partial charge in [-0.3, -0.25) is 9.97 Å². The van der Waals surface area contributed by atoms with E-state index in [9.17, 15) is 0 Å². The number of hydrogen-bond donors (Lipinski definition) is 0. The quantitative estimate of drug-likeness (QED) is 0.323. The van der Waals surface area contributed by atoms with E-state index in [1.54, 1.807) is 0 Å². The number of aromatic nitrogens is 4. The van der Waals surface area contributed by atoms with Gasteiger partial charge in [-0.2, -0.15) is 0 Å². The van der Waals surface area contributed by atoms with Crippen LogP contribution in [0.15, 0.2) is 24.3 Å². The summed E-state index contributed by atoms with van der Waals surface area (Å²) in [5.41, 5.74) is 12.0. The number of benzene rings is 1. The predicted molar refractivity (Wildman–Crippen MR) is 107 cm³/mol. The van der Waals surface area contributed by atoms with Crippen LogP contribution in [-0.4, -0.2) is 9.97 Å². The number of rotatable bonds is 0. The Morgan fingerprint density at radius 2 is 0.889 bits per heavy atom. The van der Waals surface area contributed by atoms with Gasteiger partial charge in [0.15, 0.2) is 0 Å². The molecule has 4 nitrogen and oxygen atoms in total. The van der Waals surface area contributed by atoms with E-state index < -0.39 is 0 Å². The Labute approximate surface area is 173 Å². The van der Waals surface area contributed by atoms with Crippen molar-refractivity contribution in [2.45, 2.75) is 41.5 Å². The number of nitrogens with zero attached hydrogens (tertiary/aromatic N) is 4. The third kappa shape index (κ3) is 3.06. The molecule has 140 valence electrons. The Hall–Kier alpha value is -2.19. The van der Waals surface area contributed by atoms with Crippen molar-refractivity contribution in [2.75, 3.05) is 0 Å². The van der Waals surface area contributed by atoms with Gasteiger partial charge in [-0.05, 0) is 53.7 Å². The smallest absolute Gasteiger partial charge is 0.657 e. The summed E-state index contributed by atoms with van der Waals surface area (Å²) in [4.78, 5) is 19.6. The van der Waals surface area contributed by atoms with Crippen LogP contribution in [0, 0.1) is 41.5 Å². The molecule has 0 atom stereocenters. The van der Waals surface area contributed by atoms with Crippen LogP contribution >= 0.6 is 0 Å². The molecule has 0 saturated heterocycles. The van der Waals surface area contributed by atoms with Gasteiger partial charge in [-0.25, -0.2) is 0 Å². The van der Waals surface area contributed by atoms with Crippen molar-refractivity contribution in [3.8, 4) is 0 Å². The van der Waals surface area contributed by atoms with Crippen molar-refractivity contribution in [3.05, 3.63) is 57.9 Å². The fourth-order valence-corrected chi connectivity index (χ4v) is 3.56. The molecule has 4 aromatic rings. The Morgan fingerprint density at radius 1 is 0.556 bits per heavy atom. The molecule has 1 aromatic carbocycles. The fourth-order valence-electron chi connectivity index (χ4n) is 3.56. The van der Waals surface area contributed by atoms with Gasteiger partial charge < -0.3 is 9.97 Å². The first kappa shape index (κ1) is 19.6. The van der Waals surface area contributed by atoms with E-state index >= 15 is 0 Å². The first-order chi connectivity index (χ1) is 12.4. The van der Waals surface area contributed by atoms with Crippen LogP contribution in [0.25, 0.3) is 33.1 Å². The molecular formula is C22H22N4Pt. The zero-order valence-corrected chi connectivity index (χ0v) is 18.7. The minimum Gasteiger partial charge on any atom is -0.657 e. The second-order valence-electron chi connectivity index (χ2n) is 7.00. The summed E-state index contributed by atoms with van der Waals surface area (Å²) in [6.45, 7) is 12.5. The van der Waals surface area contributed by atoms with E-state index in [1.807, 2.05) is 38.1 Å². The zero-order chi connectivity index (χ0) is 18.6. The van der Waals surface area contributed by atoms with Gasteiger partial charge in [-0.15, -0.1) is 22.1 Å². The van der Waals surface area contributed by atoms with Crippen LogP contribution < -0.4 is 9.97 Å². The summed E-state index contributed by atoms with van der Waals surface area (Å²) >= 11 is 0. The Bertz CT molecular complexity index is 1150. The third-order valence-electron chi connectivity index (χ3n) is 5.36. The molecule has 0 aliphatic rings. The van der Waals surface area contributed by atoms with Crippen molar-refractivity contribution in [3.63, 3.8) is 0 Å². The van der Waals surface area contributed by atoms with Crippen LogP contribution in [0.3, 0.4) is 0 Å². The summed E-state index contributed by atoms with van der Waals surface area (Å²) in [5, 5.41) is 0. The van der Waals surface area contributed by atoms with Crippen molar-refractivity contribution in [1.82, 2.24) is 19.9 Å². The first-order valence-electron chi connectivity index (χ1n) is 8.87. The molecule has 3 aromatic heterocycles. The first-order valence-corrected chi connectivity index (χ1v) is 8.87. The van der Waals surface area contributed by atoms with Gasteiger partial charge in [0.1, 0.15) is 0 Å². The van der Waals surface area contributed by atoms with Gasteiger partial charge in [0.25, 0.3) is 0 Å². The van der Waals surface area contributed by atoms with E-state index in [0.717, 1.165) is 55.6 Å². The van der Waals surface area contributed by atoms with Crippen molar-refractivity contribution in [2.24, 2.45) is 0 Å². The van der Waals surface area contributed by atoms with Crippen molar-refractivity contribution >= 4 is 33.1 Å². The van der Waals surface area contributed by atoms with Crippen molar-refractivity contribution < 1.29 is 21.1 Å². The Balaban J connectivity index is 0.00000210. The molecule has 0 aliphatic heterocycles. The monoisotopic (exact) mass is 537 g/mol. The molecule has 4 bridgehead atoms. The van der Waals surface area contributed by atoms with Gasteiger partial charge in [0, 0.05) is 11.4 Å². The normalized spacial score (nSPS) is 11.0. The molecule has 0 spiro atoms. The number of hydrogen-bond acceptors (Lipinski definition) is 2. The Morgan fingerprint density at radius 3 is 1.26 bits per heavy atom. The van der Waals surface area contributed by atoms with E-state index in [0.29, 0.717) is 0 Å². The van der Waals surface area contributed by atoms with E-state index in [1.165, 1.54) is 11.1 Å². The van der Waals surface area contributed by atoms with Gasteiger partial charge in [-0.1, -0.05) is 34.4 Å². The van der Waals surface area contributed by atoms with Crippen LogP contribution in [0.2, 0.25) is 0 Å². The predicted octanol–water partition coefficient (Wildman–Crippen LogP) is 4.82. The Kier molecular flexibility index (Phi) is 5.14. The van der Waals surface area contributed by atoms with Crippen LogP contribution in [0.5, 0.6) is 0 Å². The largest absolute Gasteiger partial charge is 2.00 e. The average molecular weight is 538 g/mol. The van der Waals surface area contributed by atoms with E-state index in [4.69, 9.17) is 19.9 Å².